The lowest BCUT2D eigenvalue weighted by Gasteiger charge is -2.14. The average Bonchev–Trinajstić information content (AvgIpc) is 2.75. The molecule has 1 heterocycles. The molecule has 2 aromatic carbocycles. The van der Waals surface area contributed by atoms with Gasteiger partial charge in [0.1, 0.15) is 6.04 Å². The molecule has 1 atom stereocenters. The highest BCUT2D eigenvalue weighted by molar-refractivity contribution is 5.97. The average molecular weight is 423 g/mol. The third-order valence-corrected chi connectivity index (χ3v) is 4.63. The molecule has 0 aliphatic carbocycles. The summed E-state index contributed by atoms with van der Waals surface area (Å²) in [6.07, 6.45) is 1.13. The Balaban J connectivity index is 1.61. The molecule has 10 heteroatoms. The van der Waals surface area contributed by atoms with Gasteiger partial charge in [-0.3, -0.25) is 14.4 Å². The second-order valence-corrected chi connectivity index (χ2v) is 6.88. The molecule has 0 bridgehead atoms. The van der Waals surface area contributed by atoms with Crippen molar-refractivity contribution in [2.75, 3.05) is 5.32 Å². The van der Waals surface area contributed by atoms with Crippen LogP contribution in [0.4, 0.5) is 5.69 Å². The van der Waals surface area contributed by atoms with E-state index in [0.29, 0.717) is 17.4 Å². The van der Waals surface area contributed by atoms with Crippen molar-refractivity contribution in [3.63, 3.8) is 0 Å². The van der Waals surface area contributed by atoms with Gasteiger partial charge in [0.25, 0.3) is 11.5 Å². The van der Waals surface area contributed by atoms with Crippen LogP contribution in [0.5, 0.6) is 0 Å². The summed E-state index contributed by atoms with van der Waals surface area (Å²) in [6.45, 7) is 0.448. The number of primary amides is 1. The van der Waals surface area contributed by atoms with Gasteiger partial charge in [-0.25, -0.2) is 9.78 Å². The maximum atomic E-state index is 12.3. The number of carboxylic acids is 1. The fourth-order valence-corrected chi connectivity index (χ4v) is 2.95. The number of hydrogen-bond donors (Lipinski definition) is 5. The molecular weight excluding hydrogens is 402 g/mol. The Labute approximate surface area is 176 Å². The number of carbonyl (C=O) groups excluding carboxylic acids is 2. The zero-order chi connectivity index (χ0) is 22.4. The molecule has 0 aliphatic rings. The molecule has 10 nitrogen and oxygen atoms in total. The summed E-state index contributed by atoms with van der Waals surface area (Å²) in [6, 6.07) is 10.7. The fourth-order valence-electron chi connectivity index (χ4n) is 2.95. The lowest BCUT2D eigenvalue weighted by Crippen LogP contribution is -2.41. The van der Waals surface area contributed by atoms with E-state index in [2.05, 4.69) is 20.6 Å². The third kappa shape index (κ3) is 5.66. The molecule has 3 rings (SSSR count). The van der Waals surface area contributed by atoms with E-state index in [0.717, 1.165) is 11.3 Å². The highest BCUT2D eigenvalue weighted by Gasteiger charge is 2.21. The number of rotatable bonds is 9. The lowest BCUT2D eigenvalue weighted by molar-refractivity contribution is -0.139. The maximum absolute atomic E-state index is 12.3. The number of carboxylic acid groups (broad SMARTS) is 1. The number of H-pyrrole nitrogens is 1. The number of aromatic amines is 1. The molecule has 0 unspecified atom stereocenters. The van der Waals surface area contributed by atoms with E-state index >= 15 is 0 Å². The Kier molecular flexibility index (Phi) is 6.61. The van der Waals surface area contributed by atoms with Crippen molar-refractivity contribution in [3.8, 4) is 0 Å². The molecule has 0 saturated carbocycles. The number of fused-ring (bicyclic) bond motifs is 1. The van der Waals surface area contributed by atoms with E-state index < -0.39 is 23.8 Å². The first kappa shape index (κ1) is 21.5. The summed E-state index contributed by atoms with van der Waals surface area (Å²) in [7, 11) is 0. The van der Waals surface area contributed by atoms with Gasteiger partial charge in [-0.1, -0.05) is 6.07 Å². The minimum atomic E-state index is -1.24. The van der Waals surface area contributed by atoms with Crippen LogP contribution in [0.25, 0.3) is 10.9 Å². The standard InChI is InChI=1S/C21H21N5O5/c22-18(27)8-7-17(21(30)31)26-19(28)13-2-4-14(5-3-13)23-10-12-1-6-16-15(9-12)20(29)25-11-24-16/h1-6,9,11,17,23H,7-8,10H2,(H2,22,27)(H,26,28)(H,30,31)(H,24,25,29)/t17-/m0/s1. The van der Waals surface area contributed by atoms with Crippen LogP contribution in [0.3, 0.4) is 0 Å². The number of benzene rings is 2. The second kappa shape index (κ2) is 9.53. The summed E-state index contributed by atoms with van der Waals surface area (Å²) < 4.78 is 0. The van der Waals surface area contributed by atoms with Crippen molar-refractivity contribution in [1.82, 2.24) is 15.3 Å². The number of nitrogens with zero attached hydrogens (tertiary/aromatic N) is 1. The first-order valence-corrected chi connectivity index (χ1v) is 9.45. The van der Waals surface area contributed by atoms with E-state index in [4.69, 9.17) is 5.73 Å². The van der Waals surface area contributed by atoms with Crippen LogP contribution in [-0.2, 0) is 16.1 Å². The fraction of sp³-hybridized carbons (Fsp3) is 0.190. The van der Waals surface area contributed by atoms with Crippen molar-refractivity contribution in [2.45, 2.75) is 25.4 Å². The van der Waals surface area contributed by atoms with Crippen molar-refractivity contribution in [2.24, 2.45) is 5.73 Å². The summed E-state index contributed by atoms with van der Waals surface area (Å²) in [4.78, 5) is 52.9. The number of carbonyl (C=O) groups is 3. The smallest absolute Gasteiger partial charge is 0.326 e. The zero-order valence-corrected chi connectivity index (χ0v) is 16.4. The van der Waals surface area contributed by atoms with Crippen LogP contribution >= 0.6 is 0 Å². The summed E-state index contributed by atoms with van der Waals surface area (Å²) in [5, 5.41) is 15.3. The predicted molar refractivity (Wildman–Crippen MR) is 113 cm³/mol. The van der Waals surface area contributed by atoms with Crippen LogP contribution in [-0.4, -0.2) is 38.9 Å². The lowest BCUT2D eigenvalue weighted by atomic mass is 10.1. The number of hydrogen-bond acceptors (Lipinski definition) is 6. The predicted octanol–water partition coefficient (Wildman–Crippen LogP) is 0.984. The summed E-state index contributed by atoms with van der Waals surface area (Å²) in [5.74, 6) is -2.44. The molecule has 31 heavy (non-hydrogen) atoms. The zero-order valence-electron chi connectivity index (χ0n) is 16.4. The van der Waals surface area contributed by atoms with Gasteiger partial charge in [0.2, 0.25) is 5.91 Å². The van der Waals surface area contributed by atoms with Crippen LogP contribution < -0.4 is 21.9 Å². The first-order valence-electron chi connectivity index (χ1n) is 9.45. The van der Waals surface area contributed by atoms with E-state index in [1.54, 1.807) is 36.4 Å². The molecule has 0 spiro atoms. The monoisotopic (exact) mass is 423 g/mol. The van der Waals surface area contributed by atoms with E-state index in [-0.39, 0.29) is 24.0 Å². The normalized spacial score (nSPS) is 11.6. The topological polar surface area (TPSA) is 167 Å². The van der Waals surface area contributed by atoms with Gasteiger partial charge in [-0.15, -0.1) is 0 Å². The number of nitrogens with one attached hydrogen (secondary N) is 3. The molecule has 0 radical (unpaired) electrons. The largest absolute Gasteiger partial charge is 0.480 e. The molecule has 2 amide bonds. The van der Waals surface area contributed by atoms with Crippen molar-refractivity contribution in [1.29, 1.82) is 0 Å². The van der Waals surface area contributed by atoms with Gasteiger partial charge in [-0.05, 0) is 48.4 Å². The van der Waals surface area contributed by atoms with Gasteiger partial charge in [0.05, 0.1) is 17.2 Å². The van der Waals surface area contributed by atoms with Crippen molar-refractivity contribution < 1.29 is 19.5 Å². The summed E-state index contributed by atoms with van der Waals surface area (Å²) in [5.41, 5.74) is 7.33. The van der Waals surface area contributed by atoms with Crippen LogP contribution in [0.1, 0.15) is 28.8 Å². The number of anilines is 1. The Morgan fingerprint density at radius 3 is 2.55 bits per heavy atom. The van der Waals surface area contributed by atoms with Gasteiger partial charge in [-0.2, -0.15) is 0 Å². The minimum Gasteiger partial charge on any atom is -0.480 e. The number of nitrogens with two attached hydrogens (primary N) is 1. The Morgan fingerprint density at radius 2 is 1.87 bits per heavy atom. The third-order valence-electron chi connectivity index (χ3n) is 4.63. The molecular formula is C21H21N5O5. The number of aliphatic carboxylic acids is 1. The molecule has 160 valence electrons. The number of aromatic nitrogens is 2. The maximum Gasteiger partial charge on any atom is 0.326 e. The Bertz CT molecular complexity index is 1170. The second-order valence-electron chi connectivity index (χ2n) is 6.88. The Morgan fingerprint density at radius 1 is 1.13 bits per heavy atom. The SMILES string of the molecule is NC(=O)CC[C@H](NC(=O)c1ccc(NCc2ccc3nc[nH]c(=O)c3c2)cc1)C(=O)O. The van der Waals surface area contributed by atoms with Gasteiger partial charge in [0, 0.05) is 24.2 Å². The van der Waals surface area contributed by atoms with Gasteiger partial charge >= 0.3 is 5.97 Å². The van der Waals surface area contributed by atoms with Crippen LogP contribution in [0.2, 0.25) is 0 Å². The van der Waals surface area contributed by atoms with Gasteiger partial charge < -0.3 is 26.5 Å². The highest BCUT2D eigenvalue weighted by atomic mass is 16.4. The summed E-state index contributed by atoms with van der Waals surface area (Å²) >= 11 is 0. The van der Waals surface area contributed by atoms with Crippen molar-refractivity contribution in [3.05, 3.63) is 70.3 Å². The highest BCUT2D eigenvalue weighted by Crippen LogP contribution is 2.14. The van der Waals surface area contributed by atoms with Crippen LogP contribution in [0, 0.1) is 0 Å². The first-order chi connectivity index (χ1) is 14.8. The molecule has 0 fully saturated rings. The quantitative estimate of drug-likeness (QED) is 0.342. The number of amides is 2. The minimum absolute atomic E-state index is 0.0832. The van der Waals surface area contributed by atoms with Gasteiger partial charge in [0.15, 0.2) is 0 Å². The molecule has 3 aromatic rings. The molecule has 6 N–H and O–H groups in total. The molecule has 1 aromatic heterocycles. The van der Waals surface area contributed by atoms with Crippen molar-refractivity contribution >= 4 is 34.4 Å². The van der Waals surface area contributed by atoms with E-state index in [1.165, 1.54) is 6.33 Å². The molecule has 0 saturated heterocycles. The van der Waals surface area contributed by atoms with Crippen LogP contribution in [0.15, 0.2) is 53.6 Å². The Hall–Kier alpha value is -4.21. The van der Waals surface area contributed by atoms with E-state index in [9.17, 15) is 24.3 Å². The molecule has 0 aliphatic heterocycles. The van der Waals surface area contributed by atoms with E-state index in [1.807, 2.05) is 6.07 Å².